The molecule has 0 aliphatic carbocycles. The first-order valence-corrected chi connectivity index (χ1v) is 12.0. The van der Waals surface area contributed by atoms with Crippen molar-refractivity contribution in [2.45, 2.75) is 32.2 Å². The largest absolute Gasteiger partial charge is 0.438 e. The topological polar surface area (TPSA) is 200 Å². The van der Waals surface area contributed by atoms with E-state index in [9.17, 15) is 41.7 Å². The van der Waals surface area contributed by atoms with Crippen molar-refractivity contribution >= 4 is 45.9 Å². The number of amides is 6. The van der Waals surface area contributed by atoms with E-state index in [1.165, 1.54) is 17.0 Å². The molecule has 0 saturated carbocycles. The molecule has 2 heterocycles. The van der Waals surface area contributed by atoms with Crippen LogP contribution in [0.4, 0.5) is 4.79 Å². The predicted octanol–water partition coefficient (Wildman–Crippen LogP) is -1.85. The quantitative estimate of drug-likeness (QED) is 0.157. The highest BCUT2D eigenvalue weighted by molar-refractivity contribution is 7.84. The number of hydrogen-bond donors (Lipinski definition) is 3. The summed E-state index contributed by atoms with van der Waals surface area (Å²) in [5.41, 5.74) is 0.219. The highest BCUT2D eigenvalue weighted by Crippen LogP contribution is 2.26. The maximum absolute atomic E-state index is 13.1. The molecule has 2 aliphatic rings. The van der Waals surface area contributed by atoms with E-state index in [0.29, 0.717) is 4.90 Å². The minimum atomic E-state index is -5.10. The molecule has 0 aromatic heterocycles. The molecule has 2 aliphatic heterocycles. The minimum absolute atomic E-state index is 0.100. The fourth-order valence-electron chi connectivity index (χ4n) is 3.66. The third kappa shape index (κ3) is 5.28. The average Bonchev–Trinajstić information content (AvgIpc) is 2.81. The van der Waals surface area contributed by atoms with Crippen molar-refractivity contribution in [3.8, 4) is 0 Å². The summed E-state index contributed by atoms with van der Waals surface area (Å²) in [6.45, 7) is 2.85. The summed E-state index contributed by atoms with van der Waals surface area (Å²) in [6, 6.07) is 3.40. The highest BCUT2D eigenvalue weighted by atomic mass is 32.2. The van der Waals surface area contributed by atoms with Gasteiger partial charge in [-0.3, -0.25) is 33.4 Å². The highest BCUT2D eigenvalue weighted by Gasteiger charge is 2.57. The van der Waals surface area contributed by atoms with Gasteiger partial charge in [0.25, 0.3) is 5.91 Å². The van der Waals surface area contributed by atoms with Gasteiger partial charge in [0.05, 0.1) is 0 Å². The van der Waals surface area contributed by atoms with Crippen LogP contribution in [-0.2, 0) is 39.0 Å². The summed E-state index contributed by atoms with van der Waals surface area (Å²) in [5.74, 6) is -5.27. The van der Waals surface area contributed by atoms with Gasteiger partial charge in [0, 0.05) is 26.6 Å². The summed E-state index contributed by atoms with van der Waals surface area (Å²) >= 11 is 0. The number of rotatable bonds is 7. The van der Waals surface area contributed by atoms with Crippen LogP contribution < -0.4 is 10.6 Å². The summed E-state index contributed by atoms with van der Waals surface area (Å²) in [7, 11) is -5.10. The van der Waals surface area contributed by atoms with Crippen molar-refractivity contribution < 1.29 is 46.5 Å². The van der Waals surface area contributed by atoms with Gasteiger partial charge in [-0.25, -0.2) is 4.79 Å². The number of carbonyl (C=O) groups is 6. The van der Waals surface area contributed by atoms with Gasteiger partial charge < -0.3 is 20.3 Å². The van der Waals surface area contributed by atoms with Crippen LogP contribution >= 0.6 is 0 Å². The summed E-state index contributed by atoms with van der Waals surface area (Å²) < 4.78 is 36.8. The number of nitrogens with zero attached hydrogens (tertiary/aromatic N) is 3. The van der Waals surface area contributed by atoms with E-state index in [1.54, 1.807) is 25.1 Å². The second-order valence-corrected chi connectivity index (χ2v) is 9.02. The summed E-state index contributed by atoms with van der Waals surface area (Å²) in [6.07, 6.45) is -1.86. The Bertz CT molecular complexity index is 1200. The number of carbonyl (C=O) groups excluding carboxylic acids is 6. The fraction of sp³-hybridized carbons (Fsp3) is 0.400. The second kappa shape index (κ2) is 10.3. The van der Waals surface area contributed by atoms with Crippen LogP contribution in [0, 0.1) is 0 Å². The Morgan fingerprint density at radius 2 is 1.75 bits per heavy atom. The maximum Gasteiger partial charge on any atom is 0.365 e. The SMILES string of the molecule is CCN1CCN(C(=O)N[C@@H](C(=O)N[C@@H]2C(=O)N(S(=O)(=O)O)[C@H]2OC(C)=O)c2ccccc2)C(=O)C1=O. The lowest BCUT2D eigenvalue weighted by Gasteiger charge is -2.43. The van der Waals surface area contributed by atoms with Crippen LogP contribution in [0.5, 0.6) is 0 Å². The van der Waals surface area contributed by atoms with Crippen LogP contribution in [0.3, 0.4) is 0 Å². The van der Waals surface area contributed by atoms with E-state index in [1.807, 2.05) is 0 Å². The van der Waals surface area contributed by atoms with Gasteiger partial charge in [0.2, 0.25) is 12.1 Å². The van der Waals surface area contributed by atoms with Crippen LogP contribution in [-0.4, -0.2) is 94.6 Å². The number of piperazine rings is 1. The molecule has 3 rings (SSSR count). The Balaban J connectivity index is 1.82. The molecule has 3 N–H and O–H groups in total. The maximum atomic E-state index is 13.1. The Labute approximate surface area is 205 Å². The van der Waals surface area contributed by atoms with Crippen molar-refractivity contribution in [2.75, 3.05) is 19.6 Å². The second-order valence-electron chi connectivity index (χ2n) is 7.73. The van der Waals surface area contributed by atoms with Gasteiger partial charge >= 0.3 is 34.1 Å². The molecule has 2 fully saturated rings. The van der Waals surface area contributed by atoms with E-state index < -0.39 is 64.2 Å². The monoisotopic (exact) mass is 525 g/mol. The number of esters is 1. The van der Waals surface area contributed by atoms with Crippen molar-refractivity contribution in [2.24, 2.45) is 0 Å². The number of likely N-dealkylation sites (N-methyl/N-ethyl adjacent to an activating group) is 1. The van der Waals surface area contributed by atoms with Gasteiger partial charge in [-0.05, 0) is 12.5 Å². The Morgan fingerprint density at radius 3 is 2.31 bits per heavy atom. The van der Waals surface area contributed by atoms with Crippen molar-refractivity contribution in [3.05, 3.63) is 35.9 Å². The zero-order chi connectivity index (χ0) is 26.8. The molecule has 0 spiro atoms. The lowest BCUT2D eigenvalue weighted by molar-refractivity contribution is -0.179. The molecule has 6 amide bonds. The van der Waals surface area contributed by atoms with Gasteiger partial charge in [0.1, 0.15) is 6.04 Å². The number of nitrogens with one attached hydrogen (secondary N) is 2. The number of imide groups is 1. The summed E-state index contributed by atoms with van der Waals surface area (Å²) in [4.78, 5) is 76.0. The molecule has 16 heteroatoms. The van der Waals surface area contributed by atoms with E-state index >= 15 is 0 Å². The summed E-state index contributed by atoms with van der Waals surface area (Å²) in [5, 5.41) is 4.53. The zero-order valence-corrected chi connectivity index (χ0v) is 19.9. The van der Waals surface area contributed by atoms with Crippen LogP contribution in [0.15, 0.2) is 30.3 Å². The first kappa shape index (κ1) is 26.6. The molecule has 0 bridgehead atoms. The molecule has 15 nitrogen and oxygen atoms in total. The zero-order valence-electron chi connectivity index (χ0n) is 19.1. The van der Waals surface area contributed by atoms with Crippen molar-refractivity contribution in [1.29, 1.82) is 0 Å². The van der Waals surface area contributed by atoms with Gasteiger partial charge in [-0.15, -0.1) is 0 Å². The van der Waals surface area contributed by atoms with Crippen molar-refractivity contribution in [1.82, 2.24) is 24.7 Å². The van der Waals surface area contributed by atoms with Crippen LogP contribution in [0.2, 0.25) is 0 Å². The third-order valence-electron chi connectivity index (χ3n) is 5.43. The van der Waals surface area contributed by atoms with E-state index in [2.05, 4.69) is 10.6 Å². The van der Waals surface area contributed by atoms with Crippen LogP contribution in [0.25, 0.3) is 0 Å². The predicted molar refractivity (Wildman–Crippen MR) is 118 cm³/mol. The molecule has 1 aromatic carbocycles. The first-order chi connectivity index (χ1) is 16.9. The molecule has 1 aromatic rings. The normalized spacial score (nSPS) is 21.0. The Morgan fingerprint density at radius 1 is 1.11 bits per heavy atom. The third-order valence-corrected chi connectivity index (χ3v) is 6.32. The lowest BCUT2D eigenvalue weighted by atomic mass is 10.0. The van der Waals surface area contributed by atoms with Crippen LogP contribution in [0.1, 0.15) is 25.5 Å². The standard InChI is InChI=1S/C20H23N5O10S/c1-3-23-9-10-24(18(30)17(23)29)20(31)22-13(12-7-5-4-6-8-12)15(27)21-14-16(28)25(36(32,33)34)19(14)35-11(2)26/h4-8,13-14,19H,3,9-10H2,1-2H3,(H,21,27)(H,22,31)(H,32,33,34)/t13-,14-,19+/m1/s1. The molecule has 194 valence electrons. The Hall–Kier alpha value is -4.05. The number of urea groups is 1. The number of β-lactam (4-membered cyclic amide) rings is 1. The molecule has 0 unspecified atom stereocenters. The van der Waals surface area contributed by atoms with E-state index in [-0.39, 0.29) is 29.5 Å². The number of ether oxygens (including phenoxy) is 1. The molecular formula is C20H23N5O10S. The molecule has 0 radical (unpaired) electrons. The fourth-order valence-corrected chi connectivity index (χ4v) is 4.42. The molecule has 36 heavy (non-hydrogen) atoms. The average molecular weight is 525 g/mol. The molecular weight excluding hydrogens is 502 g/mol. The minimum Gasteiger partial charge on any atom is -0.438 e. The van der Waals surface area contributed by atoms with Gasteiger partial charge in [-0.2, -0.15) is 12.7 Å². The lowest BCUT2D eigenvalue weighted by Crippen LogP contribution is -2.73. The number of benzene rings is 1. The van der Waals surface area contributed by atoms with Gasteiger partial charge in [-0.1, -0.05) is 30.3 Å². The van der Waals surface area contributed by atoms with Gasteiger partial charge in [0.15, 0.2) is 6.04 Å². The first-order valence-electron chi connectivity index (χ1n) is 10.6. The molecule has 2 saturated heterocycles. The van der Waals surface area contributed by atoms with Crippen molar-refractivity contribution in [3.63, 3.8) is 0 Å². The molecule has 3 atom stereocenters. The van der Waals surface area contributed by atoms with E-state index in [0.717, 1.165) is 6.92 Å². The Kier molecular flexibility index (Phi) is 7.59. The number of hydrogen-bond acceptors (Lipinski definition) is 9. The van der Waals surface area contributed by atoms with E-state index in [4.69, 9.17) is 4.74 Å². The smallest absolute Gasteiger partial charge is 0.365 e.